The van der Waals surface area contributed by atoms with Crippen LogP contribution in [0.25, 0.3) is 6.08 Å². The van der Waals surface area contributed by atoms with Gasteiger partial charge in [-0.15, -0.1) is 0 Å². The van der Waals surface area contributed by atoms with Gasteiger partial charge < -0.3 is 5.11 Å². The molecule has 1 aromatic rings. The fourth-order valence-corrected chi connectivity index (χ4v) is 1.01. The minimum absolute atomic E-state index is 0.0927. The van der Waals surface area contributed by atoms with Gasteiger partial charge in [0.25, 0.3) is 0 Å². The molecule has 0 spiro atoms. The molecule has 0 radical (unpaired) electrons. The summed E-state index contributed by atoms with van der Waals surface area (Å²) in [5.74, 6) is -0.455. The van der Waals surface area contributed by atoms with Gasteiger partial charge in [-0.25, -0.2) is 4.39 Å². The summed E-state index contributed by atoms with van der Waals surface area (Å²) in [4.78, 5) is 0. The van der Waals surface area contributed by atoms with Crippen molar-refractivity contribution in [3.63, 3.8) is 0 Å². The summed E-state index contributed by atoms with van der Waals surface area (Å²) in [5, 5.41) is 8.54. The van der Waals surface area contributed by atoms with Crippen molar-refractivity contribution in [1.29, 1.82) is 0 Å². The van der Waals surface area contributed by atoms with Crippen LogP contribution < -0.4 is 0 Å². The van der Waals surface area contributed by atoms with Crippen molar-refractivity contribution in [1.82, 2.24) is 0 Å². The van der Waals surface area contributed by atoms with Gasteiger partial charge in [0, 0.05) is 5.56 Å². The SMILES string of the molecule is OC/C=C/c1cccc(Cl)c1F. The Balaban J connectivity index is 3.00. The molecule has 0 bridgehead atoms. The van der Waals surface area contributed by atoms with E-state index < -0.39 is 5.82 Å². The van der Waals surface area contributed by atoms with Gasteiger partial charge >= 0.3 is 0 Å². The topological polar surface area (TPSA) is 20.2 Å². The van der Waals surface area contributed by atoms with E-state index in [-0.39, 0.29) is 11.6 Å². The average molecular weight is 187 g/mol. The van der Waals surface area contributed by atoms with Gasteiger partial charge in [0.15, 0.2) is 0 Å². The normalized spacial score (nSPS) is 10.9. The first-order valence-corrected chi connectivity index (χ1v) is 3.85. The molecule has 0 fully saturated rings. The molecule has 3 heteroatoms. The summed E-state index contributed by atoms with van der Waals surface area (Å²) >= 11 is 5.52. The first kappa shape index (κ1) is 9.23. The van der Waals surface area contributed by atoms with E-state index >= 15 is 0 Å². The molecule has 0 aliphatic carbocycles. The molecule has 0 atom stereocenters. The van der Waals surface area contributed by atoms with Gasteiger partial charge in [0.1, 0.15) is 5.82 Å². The largest absolute Gasteiger partial charge is 0.392 e. The van der Waals surface area contributed by atoms with Crippen LogP contribution in [0, 0.1) is 5.82 Å². The number of hydrogen-bond acceptors (Lipinski definition) is 1. The summed E-state index contributed by atoms with van der Waals surface area (Å²) in [5.41, 5.74) is 0.386. The highest BCUT2D eigenvalue weighted by molar-refractivity contribution is 6.30. The zero-order chi connectivity index (χ0) is 8.97. The lowest BCUT2D eigenvalue weighted by molar-refractivity contribution is 0.343. The van der Waals surface area contributed by atoms with E-state index in [1.807, 2.05) is 0 Å². The highest BCUT2D eigenvalue weighted by atomic mass is 35.5. The Bertz CT molecular complexity index is 297. The van der Waals surface area contributed by atoms with Gasteiger partial charge in [-0.05, 0) is 6.07 Å². The third kappa shape index (κ3) is 2.06. The fraction of sp³-hybridized carbons (Fsp3) is 0.111. The van der Waals surface area contributed by atoms with E-state index in [4.69, 9.17) is 16.7 Å². The third-order valence-corrected chi connectivity index (χ3v) is 1.68. The molecule has 0 amide bonds. The van der Waals surface area contributed by atoms with Crippen molar-refractivity contribution in [3.8, 4) is 0 Å². The first-order chi connectivity index (χ1) is 5.75. The molecule has 0 saturated heterocycles. The van der Waals surface area contributed by atoms with Crippen LogP contribution in [0.5, 0.6) is 0 Å². The molecule has 12 heavy (non-hydrogen) atoms. The summed E-state index contributed by atoms with van der Waals surface area (Å²) < 4.78 is 13.1. The number of halogens is 2. The van der Waals surface area contributed by atoms with Crippen LogP contribution in [0.2, 0.25) is 5.02 Å². The predicted molar refractivity (Wildman–Crippen MR) is 47.5 cm³/mol. The Hall–Kier alpha value is -0.860. The third-order valence-electron chi connectivity index (χ3n) is 1.38. The molecule has 1 nitrogen and oxygen atoms in total. The van der Waals surface area contributed by atoms with Gasteiger partial charge in [-0.2, -0.15) is 0 Å². The minimum Gasteiger partial charge on any atom is -0.392 e. The van der Waals surface area contributed by atoms with Crippen LogP contribution in [-0.2, 0) is 0 Å². The molecule has 0 saturated carbocycles. The van der Waals surface area contributed by atoms with Crippen molar-refractivity contribution < 1.29 is 9.50 Å². The predicted octanol–water partition coefficient (Wildman–Crippen LogP) is 2.48. The Kier molecular flexibility index (Phi) is 3.26. The maximum Gasteiger partial charge on any atom is 0.148 e. The maximum atomic E-state index is 13.1. The Morgan fingerprint density at radius 3 is 2.92 bits per heavy atom. The van der Waals surface area contributed by atoms with Gasteiger partial charge in [0.2, 0.25) is 0 Å². The lowest BCUT2D eigenvalue weighted by Crippen LogP contribution is -1.83. The second kappa shape index (κ2) is 4.24. The van der Waals surface area contributed by atoms with Gasteiger partial charge in [-0.1, -0.05) is 35.9 Å². The molecular formula is C9H8ClFO. The van der Waals surface area contributed by atoms with Crippen LogP contribution in [0.15, 0.2) is 24.3 Å². The number of hydrogen-bond donors (Lipinski definition) is 1. The number of aliphatic hydroxyl groups excluding tert-OH is 1. The summed E-state index contributed by atoms with van der Waals surface area (Å²) in [7, 11) is 0. The van der Waals surface area contributed by atoms with E-state index in [9.17, 15) is 4.39 Å². The molecule has 1 rings (SSSR count). The van der Waals surface area contributed by atoms with Gasteiger partial charge in [0.05, 0.1) is 11.6 Å². The van der Waals surface area contributed by atoms with Crippen LogP contribution in [0.4, 0.5) is 4.39 Å². The molecular weight excluding hydrogens is 179 g/mol. The van der Waals surface area contributed by atoms with Crippen molar-refractivity contribution in [2.75, 3.05) is 6.61 Å². The fourth-order valence-electron chi connectivity index (χ4n) is 0.829. The van der Waals surface area contributed by atoms with Crippen LogP contribution in [-0.4, -0.2) is 11.7 Å². The molecule has 0 heterocycles. The lowest BCUT2D eigenvalue weighted by atomic mass is 10.2. The monoisotopic (exact) mass is 186 g/mol. The summed E-state index contributed by atoms with van der Waals surface area (Å²) in [6, 6.07) is 4.73. The average Bonchev–Trinajstić information content (AvgIpc) is 2.08. The van der Waals surface area contributed by atoms with Crippen molar-refractivity contribution in [2.24, 2.45) is 0 Å². The zero-order valence-electron chi connectivity index (χ0n) is 6.30. The van der Waals surface area contributed by atoms with Gasteiger partial charge in [-0.3, -0.25) is 0 Å². The molecule has 0 aliphatic heterocycles. The smallest absolute Gasteiger partial charge is 0.148 e. The van der Waals surface area contributed by atoms with Crippen molar-refractivity contribution in [3.05, 3.63) is 40.7 Å². The lowest BCUT2D eigenvalue weighted by Gasteiger charge is -1.97. The zero-order valence-corrected chi connectivity index (χ0v) is 7.05. The Labute approximate surface area is 75.1 Å². The Morgan fingerprint density at radius 1 is 1.50 bits per heavy atom. The van der Waals surface area contributed by atoms with Crippen molar-refractivity contribution >= 4 is 17.7 Å². The summed E-state index contributed by atoms with van der Waals surface area (Å²) in [6.45, 7) is -0.105. The van der Waals surface area contributed by atoms with Crippen LogP contribution >= 0.6 is 11.6 Å². The highest BCUT2D eigenvalue weighted by Crippen LogP contribution is 2.18. The Morgan fingerprint density at radius 2 is 2.25 bits per heavy atom. The first-order valence-electron chi connectivity index (χ1n) is 3.47. The van der Waals surface area contributed by atoms with E-state index in [1.165, 1.54) is 18.2 Å². The van der Waals surface area contributed by atoms with Crippen LogP contribution in [0.3, 0.4) is 0 Å². The minimum atomic E-state index is -0.455. The molecule has 0 aromatic heterocycles. The number of aliphatic hydroxyl groups is 1. The van der Waals surface area contributed by atoms with E-state index in [0.29, 0.717) is 5.56 Å². The highest BCUT2D eigenvalue weighted by Gasteiger charge is 2.01. The maximum absolute atomic E-state index is 13.1. The van der Waals surface area contributed by atoms with E-state index in [2.05, 4.69) is 0 Å². The molecule has 1 N–H and O–H groups in total. The second-order valence-corrected chi connectivity index (χ2v) is 2.64. The number of benzene rings is 1. The number of rotatable bonds is 2. The molecule has 0 aliphatic rings. The molecule has 64 valence electrons. The van der Waals surface area contributed by atoms with E-state index in [0.717, 1.165) is 0 Å². The standard InChI is InChI=1S/C9H8ClFO/c10-8-5-1-3-7(9(8)11)4-2-6-12/h1-5,12H,6H2/b4-2+. The molecule has 1 aromatic carbocycles. The second-order valence-electron chi connectivity index (χ2n) is 2.23. The summed E-state index contributed by atoms with van der Waals surface area (Å²) in [6.07, 6.45) is 2.94. The van der Waals surface area contributed by atoms with E-state index in [1.54, 1.807) is 12.1 Å². The quantitative estimate of drug-likeness (QED) is 0.753. The molecule has 0 unspecified atom stereocenters. The van der Waals surface area contributed by atoms with Crippen molar-refractivity contribution in [2.45, 2.75) is 0 Å². The van der Waals surface area contributed by atoms with Crippen LogP contribution in [0.1, 0.15) is 5.56 Å².